The van der Waals surface area contributed by atoms with Crippen molar-refractivity contribution >= 4 is 44.2 Å². The van der Waals surface area contributed by atoms with Gasteiger partial charge in [0, 0.05) is 47.5 Å². The Morgan fingerprint density at radius 2 is 1.91 bits per heavy atom. The third-order valence-corrected chi connectivity index (χ3v) is 9.87. The summed E-state index contributed by atoms with van der Waals surface area (Å²) in [5, 5.41) is 7.47. The number of benzene rings is 3. The van der Waals surface area contributed by atoms with E-state index in [9.17, 15) is 8.42 Å². The lowest BCUT2D eigenvalue weighted by Crippen LogP contribution is -2.38. The van der Waals surface area contributed by atoms with E-state index in [1.165, 1.54) is 19.2 Å². The molecule has 238 valence electrons. The number of pyridine rings is 1. The summed E-state index contributed by atoms with van der Waals surface area (Å²) in [6, 6.07) is 18.3. The van der Waals surface area contributed by atoms with Gasteiger partial charge < -0.3 is 20.1 Å². The number of hydrogen-bond acceptors (Lipinski definition) is 9. The molecule has 46 heavy (non-hydrogen) atoms. The SMILES string of the molecule is COc1cccc(CS(=O)(=O)N(Cl)c2c(F)ccc3c(Oc4ncccc4-c4ccnc(N[C@H]5CCCNC5)n4)c(C)ccc23)c1. The van der Waals surface area contributed by atoms with Crippen LogP contribution in [0.4, 0.5) is 16.0 Å². The molecule has 0 aliphatic carbocycles. The third-order valence-electron chi connectivity index (χ3n) is 7.71. The smallest absolute Gasteiger partial charge is 0.253 e. The van der Waals surface area contributed by atoms with Crippen LogP contribution in [0.3, 0.4) is 0 Å². The second kappa shape index (κ2) is 13.5. The van der Waals surface area contributed by atoms with Gasteiger partial charge in [0.15, 0.2) is 0 Å². The number of piperidine rings is 1. The number of halogens is 2. The Labute approximate surface area is 271 Å². The van der Waals surface area contributed by atoms with Crippen LogP contribution in [0.2, 0.25) is 0 Å². The van der Waals surface area contributed by atoms with E-state index in [0.29, 0.717) is 43.5 Å². The van der Waals surface area contributed by atoms with Gasteiger partial charge >= 0.3 is 0 Å². The number of hydrogen-bond donors (Lipinski definition) is 2. The highest BCUT2D eigenvalue weighted by atomic mass is 35.5. The predicted molar refractivity (Wildman–Crippen MR) is 177 cm³/mol. The van der Waals surface area contributed by atoms with Gasteiger partial charge in [0.05, 0.1) is 24.1 Å². The van der Waals surface area contributed by atoms with Gasteiger partial charge in [-0.05, 0) is 79.9 Å². The lowest BCUT2D eigenvalue weighted by molar-refractivity contribution is 0.414. The lowest BCUT2D eigenvalue weighted by atomic mass is 10.0. The highest BCUT2D eigenvalue weighted by Crippen LogP contribution is 2.42. The molecule has 0 bridgehead atoms. The minimum absolute atomic E-state index is 0.224. The first-order valence-electron chi connectivity index (χ1n) is 14.7. The van der Waals surface area contributed by atoms with Gasteiger partial charge in [0.1, 0.15) is 23.0 Å². The largest absolute Gasteiger partial charge is 0.497 e. The standard InChI is InChI=1S/C33H32ClFN6O4S/c1-21-10-11-25-26(12-13-28(35)30(25)41(34)46(42,43)20-22-6-3-8-24(18-22)44-2)31(21)45-32-27(9-5-16-37-32)29-14-17-38-33(40-29)39-23-7-4-15-36-19-23/h3,5-6,8-14,16-18,23,36H,4,7,15,19-20H2,1-2H3,(H,38,39,40)/t23-/m0/s1. The van der Waals surface area contributed by atoms with Crippen LogP contribution in [-0.2, 0) is 15.8 Å². The zero-order valence-corrected chi connectivity index (χ0v) is 26.8. The van der Waals surface area contributed by atoms with Crippen LogP contribution >= 0.6 is 11.8 Å². The number of aryl methyl sites for hydroxylation is 1. The van der Waals surface area contributed by atoms with Crippen molar-refractivity contribution in [2.24, 2.45) is 0 Å². The van der Waals surface area contributed by atoms with Gasteiger partial charge in [0.2, 0.25) is 11.8 Å². The third kappa shape index (κ3) is 6.69. The Hall–Kier alpha value is -4.52. The fourth-order valence-corrected chi connectivity index (χ4v) is 6.92. The van der Waals surface area contributed by atoms with Gasteiger partial charge in [-0.3, -0.25) is 0 Å². The van der Waals surface area contributed by atoms with Crippen molar-refractivity contribution in [2.75, 3.05) is 29.3 Å². The summed E-state index contributed by atoms with van der Waals surface area (Å²) in [5.74, 6) is 0.352. The van der Waals surface area contributed by atoms with E-state index in [0.717, 1.165) is 31.5 Å². The summed E-state index contributed by atoms with van der Waals surface area (Å²) in [4.78, 5) is 13.6. The van der Waals surface area contributed by atoms with Crippen molar-refractivity contribution in [1.29, 1.82) is 0 Å². The van der Waals surface area contributed by atoms with Gasteiger partial charge in [-0.25, -0.2) is 27.8 Å². The minimum Gasteiger partial charge on any atom is -0.497 e. The number of anilines is 2. The molecule has 13 heteroatoms. The summed E-state index contributed by atoms with van der Waals surface area (Å²) in [7, 11) is -2.73. The van der Waals surface area contributed by atoms with Crippen LogP contribution in [0.25, 0.3) is 22.0 Å². The molecule has 3 aromatic carbocycles. The second-order valence-electron chi connectivity index (χ2n) is 10.9. The number of aromatic nitrogens is 3. The van der Waals surface area contributed by atoms with Crippen molar-refractivity contribution in [3.63, 3.8) is 0 Å². The first-order valence-corrected chi connectivity index (χ1v) is 16.7. The Morgan fingerprint density at radius 1 is 1.07 bits per heavy atom. The Bertz CT molecular complexity index is 1990. The van der Waals surface area contributed by atoms with E-state index < -0.39 is 21.6 Å². The normalized spacial score (nSPS) is 15.0. The minimum atomic E-state index is -4.22. The van der Waals surface area contributed by atoms with Crippen LogP contribution < -0.4 is 23.9 Å². The van der Waals surface area contributed by atoms with Crippen LogP contribution in [-0.4, -0.2) is 49.6 Å². The first-order chi connectivity index (χ1) is 22.2. The molecule has 0 saturated carbocycles. The molecule has 0 amide bonds. The van der Waals surface area contributed by atoms with Crippen molar-refractivity contribution < 1.29 is 22.3 Å². The maximum atomic E-state index is 15.4. The second-order valence-corrected chi connectivity index (χ2v) is 13.3. The number of sulfonamides is 1. The molecule has 1 aliphatic heterocycles. The molecule has 0 radical (unpaired) electrons. The molecule has 5 aromatic rings. The molecule has 1 saturated heterocycles. The first kappa shape index (κ1) is 31.5. The Balaban J connectivity index is 1.34. The molecule has 6 rings (SSSR count). The molecule has 0 spiro atoms. The highest BCUT2D eigenvalue weighted by molar-refractivity contribution is 7.93. The van der Waals surface area contributed by atoms with Crippen molar-refractivity contribution in [2.45, 2.75) is 31.6 Å². The van der Waals surface area contributed by atoms with E-state index in [4.69, 9.17) is 26.2 Å². The van der Waals surface area contributed by atoms with E-state index in [1.807, 2.05) is 13.0 Å². The summed E-state index contributed by atoms with van der Waals surface area (Å²) in [5.41, 5.74) is 2.07. The fourth-order valence-electron chi connectivity index (χ4n) is 5.43. The van der Waals surface area contributed by atoms with Gasteiger partial charge in [-0.15, -0.1) is 0 Å². The molecule has 10 nitrogen and oxygen atoms in total. The van der Waals surface area contributed by atoms with Crippen LogP contribution in [0.1, 0.15) is 24.0 Å². The molecule has 3 heterocycles. The molecular formula is C33H32ClFN6O4S. The van der Waals surface area contributed by atoms with E-state index in [1.54, 1.807) is 60.9 Å². The summed E-state index contributed by atoms with van der Waals surface area (Å²) < 4.78 is 54.4. The van der Waals surface area contributed by atoms with E-state index in [-0.39, 0.29) is 23.0 Å². The molecule has 1 fully saturated rings. The number of ether oxygens (including phenoxy) is 2. The Morgan fingerprint density at radius 3 is 2.72 bits per heavy atom. The lowest BCUT2D eigenvalue weighted by Gasteiger charge is -2.23. The fraction of sp³-hybridized carbons (Fsp3) is 0.242. The molecule has 1 aliphatic rings. The number of rotatable bonds is 10. The van der Waals surface area contributed by atoms with Crippen molar-refractivity contribution in [3.8, 4) is 28.6 Å². The van der Waals surface area contributed by atoms with E-state index in [2.05, 4.69) is 20.6 Å². The van der Waals surface area contributed by atoms with Gasteiger partial charge in [-0.1, -0.05) is 24.3 Å². The zero-order valence-electron chi connectivity index (χ0n) is 25.2. The summed E-state index contributed by atoms with van der Waals surface area (Å²) >= 11 is 6.44. The Kier molecular flexibility index (Phi) is 9.20. The maximum Gasteiger partial charge on any atom is 0.253 e. The number of nitrogens with zero attached hydrogens (tertiary/aromatic N) is 4. The quantitative estimate of drug-likeness (QED) is 0.160. The maximum absolute atomic E-state index is 15.4. The molecule has 0 unspecified atom stereocenters. The molecular weight excluding hydrogens is 631 g/mol. The average molecular weight is 663 g/mol. The average Bonchev–Trinajstić information content (AvgIpc) is 3.06. The summed E-state index contributed by atoms with van der Waals surface area (Å²) in [6.45, 7) is 3.67. The number of methoxy groups -OCH3 is 1. The van der Waals surface area contributed by atoms with Crippen molar-refractivity contribution in [3.05, 3.63) is 96.1 Å². The topological polar surface area (TPSA) is 119 Å². The highest BCUT2D eigenvalue weighted by Gasteiger charge is 2.28. The van der Waals surface area contributed by atoms with Crippen molar-refractivity contribution in [1.82, 2.24) is 20.3 Å². The number of fused-ring (bicyclic) bond motifs is 1. The monoisotopic (exact) mass is 662 g/mol. The summed E-state index contributed by atoms with van der Waals surface area (Å²) in [6.07, 6.45) is 5.37. The van der Waals surface area contributed by atoms with E-state index >= 15 is 4.39 Å². The van der Waals surface area contributed by atoms with Crippen LogP contribution in [0.15, 0.2) is 79.1 Å². The zero-order chi connectivity index (χ0) is 32.3. The number of nitrogens with one attached hydrogen (secondary N) is 2. The predicted octanol–water partition coefficient (Wildman–Crippen LogP) is 6.59. The van der Waals surface area contributed by atoms with Crippen LogP contribution in [0.5, 0.6) is 17.4 Å². The molecule has 2 aromatic heterocycles. The molecule has 1 atom stereocenters. The molecule has 2 N–H and O–H groups in total. The van der Waals surface area contributed by atoms with Gasteiger partial charge in [0.25, 0.3) is 10.0 Å². The van der Waals surface area contributed by atoms with Gasteiger partial charge in [-0.2, -0.15) is 3.82 Å². The van der Waals surface area contributed by atoms with Crippen LogP contribution in [0, 0.1) is 12.7 Å².